The summed E-state index contributed by atoms with van der Waals surface area (Å²) in [7, 11) is 1.94. The molecule has 6 nitrogen and oxygen atoms in total. The van der Waals surface area contributed by atoms with Gasteiger partial charge in [0, 0.05) is 49.5 Å². The number of aromatic nitrogens is 3. The molecule has 0 spiro atoms. The molecule has 0 aliphatic carbocycles. The lowest BCUT2D eigenvalue weighted by molar-refractivity contribution is 0.112. The predicted molar refractivity (Wildman–Crippen MR) is 134 cm³/mol. The third kappa shape index (κ3) is 3.94. The van der Waals surface area contributed by atoms with Gasteiger partial charge in [0.2, 0.25) is 0 Å². The highest BCUT2D eigenvalue weighted by Gasteiger charge is 2.31. The molecule has 0 radical (unpaired) electrons. The quantitative estimate of drug-likeness (QED) is 0.473. The largest absolute Gasteiger partial charge is 0.395 e. The van der Waals surface area contributed by atoms with Gasteiger partial charge >= 0.3 is 0 Å². The fraction of sp³-hybridized carbons (Fsp3) is 0.286. The van der Waals surface area contributed by atoms with E-state index in [-0.39, 0.29) is 12.2 Å². The molecule has 4 aromatic rings. The molecule has 5 rings (SSSR count). The van der Waals surface area contributed by atoms with Gasteiger partial charge in [-0.2, -0.15) is 5.10 Å². The van der Waals surface area contributed by atoms with Crippen molar-refractivity contribution in [2.45, 2.75) is 19.3 Å². The van der Waals surface area contributed by atoms with Crippen LogP contribution in [-0.2, 0) is 13.5 Å². The number of aryl methyl sites for hydroxylation is 2. The van der Waals surface area contributed by atoms with Crippen LogP contribution < -0.4 is 5.56 Å². The Morgan fingerprint density at radius 1 is 1.06 bits per heavy atom. The number of para-hydroxylation sites is 1. The van der Waals surface area contributed by atoms with Crippen molar-refractivity contribution in [1.82, 2.24) is 19.2 Å². The van der Waals surface area contributed by atoms with Crippen molar-refractivity contribution in [3.05, 3.63) is 93.7 Å². The number of pyridine rings is 1. The maximum atomic E-state index is 13.7. The van der Waals surface area contributed by atoms with E-state index in [9.17, 15) is 4.79 Å². The average Bonchev–Trinajstić information content (AvgIpc) is 3.19. The standard InChI is InChI=1S/C28H28N4O2/c1-3-24-16-21-9-7-8-20(26(21)28(34)32(24)25-10-5-4-6-11-25)12-13-22-17-29-30(2)27(22)23-18-31(19-23)14-15-33/h4-11,16-17,23,33H,3,14-15,18-19H2,1-2H3. The van der Waals surface area contributed by atoms with Crippen LogP contribution in [0.15, 0.2) is 65.6 Å². The Morgan fingerprint density at radius 3 is 2.56 bits per heavy atom. The van der Waals surface area contributed by atoms with E-state index >= 15 is 0 Å². The minimum atomic E-state index is -0.0458. The summed E-state index contributed by atoms with van der Waals surface area (Å²) in [5.41, 5.74) is 4.51. The Balaban J connectivity index is 1.59. The lowest BCUT2D eigenvalue weighted by Gasteiger charge is -2.39. The molecule has 6 heteroatoms. The highest BCUT2D eigenvalue weighted by Crippen LogP contribution is 2.28. The second-order valence-electron chi connectivity index (χ2n) is 8.73. The highest BCUT2D eigenvalue weighted by molar-refractivity contribution is 5.88. The van der Waals surface area contributed by atoms with Gasteiger partial charge in [0.25, 0.3) is 5.56 Å². The zero-order valence-corrected chi connectivity index (χ0v) is 19.5. The van der Waals surface area contributed by atoms with Gasteiger partial charge in [-0.3, -0.25) is 18.9 Å². The van der Waals surface area contributed by atoms with Gasteiger partial charge in [0.15, 0.2) is 0 Å². The Labute approximate surface area is 199 Å². The minimum absolute atomic E-state index is 0.0458. The van der Waals surface area contributed by atoms with Gasteiger partial charge in [-0.25, -0.2) is 0 Å². The number of benzene rings is 2. The predicted octanol–water partition coefficient (Wildman–Crippen LogP) is 3.08. The first-order valence-corrected chi connectivity index (χ1v) is 11.7. The van der Waals surface area contributed by atoms with E-state index in [1.54, 1.807) is 10.8 Å². The van der Waals surface area contributed by atoms with E-state index in [0.29, 0.717) is 17.8 Å². The van der Waals surface area contributed by atoms with Crippen LogP contribution in [0.25, 0.3) is 16.5 Å². The van der Waals surface area contributed by atoms with Crippen LogP contribution in [0.1, 0.15) is 35.4 Å². The van der Waals surface area contributed by atoms with Crippen molar-refractivity contribution >= 4 is 10.8 Å². The highest BCUT2D eigenvalue weighted by atomic mass is 16.3. The summed E-state index contributed by atoms with van der Waals surface area (Å²) in [5, 5.41) is 15.1. The number of fused-ring (bicyclic) bond motifs is 1. The van der Waals surface area contributed by atoms with E-state index in [2.05, 4.69) is 34.8 Å². The van der Waals surface area contributed by atoms with Gasteiger partial charge in [0.1, 0.15) is 0 Å². The van der Waals surface area contributed by atoms with Crippen molar-refractivity contribution < 1.29 is 5.11 Å². The molecule has 2 aromatic carbocycles. The van der Waals surface area contributed by atoms with Crippen LogP contribution in [0.5, 0.6) is 0 Å². The monoisotopic (exact) mass is 452 g/mol. The molecule has 1 fully saturated rings. The molecule has 34 heavy (non-hydrogen) atoms. The summed E-state index contributed by atoms with van der Waals surface area (Å²) in [6.45, 7) is 4.72. The topological polar surface area (TPSA) is 63.3 Å². The number of hydrogen-bond donors (Lipinski definition) is 1. The molecule has 1 N–H and O–H groups in total. The zero-order valence-electron chi connectivity index (χ0n) is 19.5. The van der Waals surface area contributed by atoms with Crippen LogP contribution in [0.3, 0.4) is 0 Å². The maximum absolute atomic E-state index is 13.7. The molecule has 0 amide bonds. The van der Waals surface area contributed by atoms with E-state index in [1.165, 1.54) is 0 Å². The van der Waals surface area contributed by atoms with Gasteiger partial charge in [-0.1, -0.05) is 49.1 Å². The number of β-amino-alcohol motifs (C(OH)–C–C–N with tert-alkyl or cyclic N) is 1. The Morgan fingerprint density at radius 2 is 1.82 bits per heavy atom. The molecule has 2 aromatic heterocycles. The van der Waals surface area contributed by atoms with Crippen LogP contribution in [-0.4, -0.2) is 50.6 Å². The van der Waals surface area contributed by atoms with Gasteiger partial charge < -0.3 is 5.11 Å². The van der Waals surface area contributed by atoms with Crippen molar-refractivity contribution in [3.8, 4) is 17.5 Å². The molecule has 1 aliphatic rings. The molecule has 0 atom stereocenters. The molecular weight excluding hydrogens is 424 g/mol. The third-order valence-corrected chi connectivity index (χ3v) is 6.58. The molecule has 0 unspecified atom stereocenters. The zero-order chi connectivity index (χ0) is 23.7. The average molecular weight is 453 g/mol. The third-order valence-electron chi connectivity index (χ3n) is 6.58. The lowest BCUT2D eigenvalue weighted by atomic mass is 9.93. The number of hydrogen-bond acceptors (Lipinski definition) is 4. The summed E-state index contributed by atoms with van der Waals surface area (Å²) >= 11 is 0. The van der Waals surface area contributed by atoms with Gasteiger partial charge in [0.05, 0.1) is 29.4 Å². The molecule has 0 bridgehead atoms. The fourth-order valence-electron chi connectivity index (χ4n) is 4.87. The second kappa shape index (κ2) is 9.30. The van der Waals surface area contributed by atoms with E-state index in [4.69, 9.17) is 5.11 Å². The van der Waals surface area contributed by atoms with Crippen LogP contribution >= 0.6 is 0 Å². The van der Waals surface area contributed by atoms with Gasteiger partial charge in [-0.15, -0.1) is 0 Å². The summed E-state index contributed by atoms with van der Waals surface area (Å²) in [4.78, 5) is 15.9. The number of likely N-dealkylation sites (tertiary alicyclic amines) is 1. The molecular formula is C28H28N4O2. The molecule has 172 valence electrons. The van der Waals surface area contributed by atoms with Crippen molar-refractivity contribution in [3.63, 3.8) is 0 Å². The summed E-state index contributed by atoms with van der Waals surface area (Å²) in [6, 6.07) is 17.7. The maximum Gasteiger partial charge on any atom is 0.264 e. The van der Waals surface area contributed by atoms with Crippen molar-refractivity contribution in [2.75, 3.05) is 26.2 Å². The normalized spacial score (nSPS) is 14.1. The van der Waals surface area contributed by atoms with E-state index in [0.717, 1.165) is 53.1 Å². The number of rotatable bonds is 5. The second-order valence-corrected chi connectivity index (χ2v) is 8.73. The Kier molecular flexibility index (Phi) is 6.06. The molecule has 0 saturated carbocycles. The molecule has 3 heterocycles. The SMILES string of the molecule is CCc1cc2cccc(C#Cc3cnn(C)c3C3CN(CCO)C3)c2c(=O)n1-c1ccccc1. The lowest BCUT2D eigenvalue weighted by Crippen LogP contribution is -2.47. The summed E-state index contributed by atoms with van der Waals surface area (Å²) in [6.07, 6.45) is 2.56. The summed E-state index contributed by atoms with van der Waals surface area (Å²) < 4.78 is 3.69. The first kappa shape index (κ1) is 22.1. The fourth-order valence-corrected chi connectivity index (χ4v) is 4.87. The van der Waals surface area contributed by atoms with Crippen LogP contribution in [0.4, 0.5) is 0 Å². The van der Waals surface area contributed by atoms with Crippen LogP contribution in [0, 0.1) is 11.8 Å². The molecule has 1 saturated heterocycles. The van der Waals surface area contributed by atoms with Crippen molar-refractivity contribution in [2.24, 2.45) is 7.05 Å². The minimum Gasteiger partial charge on any atom is -0.395 e. The van der Waals surface area contributed by atoms with Gasteiger partial charge in [-0.05, 0) is 36.1 Å². The smallest absolute Gasteiger partial charge is 0.264 e. The van der Waals surface area contributed by atoms with E-state index in [1.807, 2.05) is 60.3 Å². The summed E-state index contributed by atoms with van der Waals surface area (Å²) in [5.74, 6) is 6.93. The molecule has 1 aliphatic heterocycles. The van der Waals surface area contributed by atoms with Crippen LogP contribution in [0.2, 0.25) is 0 Å². The Bertz CT molecular complexity index is 1450. The van der Waals surface area contributed by atoms with Crippen molar-refractivity contribution in [1.29, 1.82) is 0 Å². The first-order chi connectivity index (χ1) is 16.6. The number of aliphatic hydroxyl groups excluding tert-OH is 1. The Hall–Kier alpha value is -3.66. The first-order valence-electron chi connectivity index (χ1n) is 11.7. The number of aliphatic hydroxyl groups is 1. The number of nitrogens with zero attached hydrogens (tertiary/aromatic N) is 4. The van der Waals surface area contributed by atoms with E-state index < -0.39 is 0 Å².